The predicted octanol–water partition coefficient (Wildman–Crippen LogP) is 1.66. The van der Waals surface area contributed by atoms with E-state index in [-0.39, 0.29) is 23.1 Å². The van der Waals surface area contributed by atoms with Crippen LogP contribution in [0.15, 0.2) is 12.1 Å². The van der Waals surface area contributed by atoms with Crippen molar-refractivity contribution in [1.29, 1.82) is 0 Å². The van der Waals surface area contributed by atoms with Crippen LogP contribution >= 0.6 is 11.6 Å². The van der Waals surface area contributed by atoms with Gasteiger partial charge in [-0.05, 0) is 6.07 Å². The molecule has 1 aromatic rings. The number of hydrogen-bond acceptors (Lipinski definition) is 4. The molecule has 1 atom stereocenters. The lowest BCUT2D eigenvalue weighted by molar-refractivity contribution is -0.123. The van der Waals surface area contributed by atoms with Crippen LogP contribution < -0.4 is 9.64 Å². The second-order valence-corrected chi connectivity index (χ2v) is 5.09. The fourth-order valence-corrected chi connectivity index (χ4v) is 2.70. The van der Waals surface area contributed by atoms with Gasteiger partial charge in [0.15, 0.2) is 0 Å². The predicted molar refractivity (Wildman–Crippen MR) is 72.2 cm³/mol. The maximum absolute atomic E-state index is 14.1. The molecular weight excluding hydrogens is 303 g/mol. The molecular formula is C13H12ClFN2O4. The Bertz CT molecular complexity index is 600. The third kappa shape index (κ3) is 2.13. The summed E-state index contributed by atoms with van der Waals surface area (Å²) < 4.78 is 24.3. The van der Waals surface area contributed by atoms with Gasteiger partial charge >= 0.3 is 6.03 Å². The summed E-state index contributed by atoms with van der Waals surface area (Å²) in [5.74, 6) is -1.08. The lowest BCUT2D eigenvalue weighted by Crippen LogP contribution is -2.45. The SMILES string of the molecule is COc1cc(N2C(=O)C3COCCN3C2=O)c(F)cc1Cl. The van der Waals surface area contributed by atoms with Gasteiger partial charge in [-0.2, -0.15) is 0 Å². The molecule has 2 fully saturated rings. The summed E-state index contributed by atoms with van der Waals surface area (Å²) in [4.78, 5) is 26.8. The number of benzene rings is 1. The van der Waals surface area contributed by atoms with Crippen LogP contribution in [-0.4, -0.2) is 49.7 Å². The van der Waals surface area contributed by atoms with Crippen LogP contribution in [0.25, 0.3) is 0 Å². The molecule has 2 aliphatic heterocycles. The van der Waals surface area contributed by atoms with Crippen LogP contribution in [0, 0.1) is 5.82 Å². The van der Waals surface area contributed by atoms with Gasteiger partial charge in [0, 0.05) is 12.6 Å². The first kappa shape index (κ1) is 14.1. The van der Waals surface area contributed by atoms with E-state index >= 15 is 0 Å². The smallest absolute Gasteiger partial charge is 0.332 e. The summed E-state index contributed by atoms with van der Waals surface area (Å²) in [6.07, 6.45) is 0. The molecule has 0 spiro atoms. The molecule has 1 unspecified atom stereocenters. The summed E-state index contributed by atoms with van der Waals surface area (Å²) in [6, 6.07) is 1.00. The molecule has 0 N–H and O–H groups in total. The Balaban J connectivity index is 2.04. The van der Waals surface area contributed by atoms with Gasteiger partial charge in [-0.25, -0.2) is 14.1 Å². The molecule has 3 amide bonds. The quantitative estimate of drug-likeness (QED) is 0.779. The van der Waals surface area contributed by atoms with Crippen molar-refractivity contribution in [3.05, 3.63) is 23.0 Å². The van der Waals surface area contributed by atoms with Crippen molar-refractivity contribution in [2.75, 3.05) is 31.8 Å². The minimum atomic E-state index is -0.761. The number of methoxy groups -OCH3 is 1. The molecule has 1 aromatic carbocycles. The van der Waals surface area contributed by atoms with Crippen LogP contribution in [-0.2, 0) is 9.53 Å². The molecule has 0 aliphatic carbocycles. The normalized spacial score (nSPS) is 21.8. The van der Waals surface area contributed by atoms with Crippen molar-refractivity contribution in [1.82, 2.24) is 4.90 Å². The molecule has 6 nitrogen and oxygen atoms in total. The number of fused-ring (bicyclic) bond motifs is 1. The van der Waals surface area contributed by atoms with Crippen molar-refractivity contribution < 1.29 is 23.5 Å². The Hall–Kier alpha value is -1.86. The van der Waals surface area contributed by atoms with Gasteiger partial charge in [0.1, 0.15) is 17.6 Å². The Labute approximate surface area is 125 Å². The van der Waals surface area contributed by atoms with E-state index in [9.17, 15) is 14.0 Å². The molecule has 0 saturated carbocycles. The summed E-state index contributed by atoms with van der Waals surface area (Å²) >= 11 is 5.82. The van der Waals surface area contributed by atoms with Gasteiger partial charge in [-0.3, -0.25) is 4.79 Å². The van der Waals surface area contributed by atoms with Crippen LogP contribution in [0.4, 0.5) is 14.9 Å². The average molecular weight is 315 g/mol. The van der Waals surface area contributed by atoms with E-state index < -0.39 is 23.8 Å². The molecule has 112 valence electrons. The van der Waals surface area contributed by atoms with E-state index in [0.717, 1.165) is 11.0 Å². The fourth-order valence-electron chi connectivity index (χ4n) is 2.48. The van der Waals surface area contributed by atoms with E-state index in [1.807, 2.05) is 0 Å². The average Bonchev–Trinajstić information content (AvgIpc) is 2.72. The minimum absolute atomic E-state index is 0.0684. The Morgan fingerprint density at radius 3 is 2.86 bits per heavy atom. The topological polar surface area (TPSA) is 59.1 Å². The highest BCUT2D eigenvalue weighted by Gasteiger charge is 2.48. The first-order valence-corrected chi connectivity index (χ1v) is 6.67. The minimum Gasteiger partial charge on any atom is -0.495 e. The van der Waals surface area contributed by atoms with E-state index in [1.165, 1.54) is 18.1 Å². The summed E-state index contributed by atoms with van der Waals surface area (Å²) in [7, 11) is 1.37. The molecule has 0 bridgehead atoms. The van der Waals surface area contributed by atoms with Gasteiger partial charge < -0.3 is 14.4 Å². The number of nitrogens with zero attached hydrogens (tertiary/aromatic N) is 2. The largest absolute Gasteiger partial charge is 0.495 e. The summed E-state index contributed by atoms with van der Waals surface area (Å²) in [6.45, 7) is 0.779. The number of rotatable bonds is 2. The number of anilines is 1. The molecule has 21 heavy (non-hydrogen) atoms. The highest BCUT2D eigenvalue weighted by Crippen LogP contribution is 2.35. The number of urea groups is 1. The van der Waals surface area contributed by atoms with Gasteiger partial charge in [-0.1, -0.05) is 11.6 Å². The van der Waals surface area contributed by atoms with Crippen molar-refractivity contribution in [2.24, 2.45) is 0 Å². The van der Waals surface area contributed by atoms with Crippen molar-refractivity contribution in [3.63, 3.8) is 0 Å². The molecule has 0 aromatic heterocycles. The maximum Gasteiger partial charge on any atom is 0.332 e. The van der Waals surface area contributed by atoms with E-state index in [1.54, 1.807) is 0 Å². The van der Waals surface area contributed by atoms with Gasteiger partial charge in [0.25, 0.3) is 5.91 Å². The molecule has 2 heterocycles. The molecule has 2 saturated heterocycles. The first-order valence-electron chi connectivity index (χ1n) is 6.30. The van der Waals surface area contributed by atoms with Crippen molar-refractivity contribution in [3.8, 4) is 5.75 Å². The van der Waals surface area contributed by atoms with Crippen molar-refractivity contribution in [2.45, 2.75) is 6.04 Å². The molecule has 0 radical (unpaired) electrons. The lowest BCUT2D eigenvalue weighted by Gasteiger charge is -2.26. The Morgan fingerprint density at radius 1 is 1.43 bits per heavy atom. The number of morpholine rings is 1. The number of carbonyl (C=O) groups is 2. The second kappa shape index (κ2) is 5.16. The monoisotopic (exact) mass is 314 g/mol. The van der Waals surface area contributed by atoms with Crippen LogP contribution in [0.5, 0.6) is 5.75 Å². The van der Waals surface area contributed by atoms with Crippen molar-refractivity contribution >= 4 is 29.2 Å². The first-order chi connectivity index (χ1) is 10.0. The van der Waals surface area contributed by atoms with Gasteiger partial charge in [-0.15, -0.1) is 0 Å². The summed E-state index contributed by atoms with van der Waals surface area (Å²) in [5, 5.41) is 0.0684. The highest BCUT2D eigenvalue weighted by atomic mass is 35.5. The zero-order valence-corrected chi connectivity index (χ0v) is 11.9. The maximum atomic E-state index is 14.1. The molecule has 8 heteroatoms. The number of ether oxygens (including phenoxy) is 2. The molecule has 2 aliphatic rings. The number of halogens is 2. The van der Waals surface area contributed by atoms with Gasteiger partial charge in [0.05, 0.1) is 31.0 Å². The highest BCUT2D eigenvalue weighted by molar-refractivity contribution is 6.32. The zero-order valence-electron chi connectivity index (χ0n) is 11.1. The number of imide groups is 1. The summed E-state index contributed by atoms with van der Waals surface area (Å²) in [5.41, 5.74) is -0.166. The Morgan fingerprint density at radius 2 is 2.19 bits per heavy atom. The standard InChI is InChI=1S/C13H12ClFN2O4/c1-20-11-5-9(8(15)4-7(11)14)17-12(18)10-6-21-3-2-16(10)13(17)19/h4-5,10H,2-3,6H2,1H3. The molecule has 3 rings (SSSR count). The third-order valence-electron chi connectivity index (χ3n) is 3.53. The third-order valence-corrected chi connectivity index (χ3v) is 3.83. The lowest BCUT2D eigenvalue weighted by atomic mass is 10.2. The fraction of sp³-hybridized carbons (Fsp3) is 0.385. The van der Waals surface area contributed by atoms with E-state index in [4.69, 9.17) is 21.1 Å². The van der Waals surface area contributed by atoms with Crippen LogP contribution in [0.2, 0.25) is 5.02 Å². The zero-order chi connectivity index (χ0) is 15.1. The second-order valence-electron chi connectivity index (χ2n) is 4.68. The van der Waals surface area contributed by atoms with Gasteiger partial charge in [0.2, 0.25) is 0 Å². The van der Waals surface area contributed by atoms with Crippen LogP contribution in [0.1, 0.15) is 0 Å². The van der Waals surface area contributed by atoms with E-state index in [0.29, 0.717) is 13.2 Å². The number of carbonyl (C=O) groups excluding carboxylic acids is 2. The van der Waals surface area contributed by atoms with Crippen LogP contribution in [0.3, 0.4) is 0 Å². The Kier molecular flexibility index (Phi) is 3.46. The van der Waals surface area contributed by atoms with E-state index in [2.05, 4.69) is 0 Å². The number of amides is 3. The number of hydrogen-bond donors (Lipinski definition) is 0.